The van der Waals surface area contributed by atoms with Gasteiger partial charge in [-0.05, 0) is 0 Å². The number of carbonyl (C=O) groups excluding carboxylic acids is 2. The van der Waals surface area contributed by atoms with Crippen LogP contribution < -0.4 is 0 Å². The number of esters is 2. The first-order valence-corrected chi connectivity index (χ1v) is 6.51. The minimum atomic E-state index is -1.65. The van der Waals surface area contributed by atoms with Gasteiger partial charge in [0, 0.05) is 12.8 Å². The summed E-state index contributed by atoms with van der Waals surface area (Å²) in [5, 5.41) is 36.8. The highest BCUT2D eigenvalue weighted by atomic mass is 16.8. The normalized spacial score (nSPS) is 16.7. The van der Waals surface area contributed by atoms with Crippen LogP contribution in [0.3, 0.4) is 0 Å². The molecule has 0 aromatic rings. The fourth-order valence-electron chi connectivity index (χ4n) is 1.12. The highest BCUT2D eigenvalue weighted by Gasteiger charge is 2.32. The number of rotatable bonds is 10. The quantitative estimate of drug-likeness (QED) is 0.273. The van der Waals surface area contributed by atoms with Crippen molar-refractivity contribution in [2.45, 2.75) is 51.5 Å². The standard InChI is InChI=1S/C12H22O9/c1-3-9(17)19-11(7(15)5-13)21-12(8(16)6-14)20-10(18)4-2/h7-8,11-16H,3-6H2,1-2H3. The van der Waals surface area contributed by atoms with Crippen molar-refractivity contribution in [3.05, 3.63) is 0 Å². The highest BCUT2D eigenvalue weighted by Crippen LogP contribution is 2.12. The molecular formula is C12H22O9. The van der Waals surface area contributed by atoms with Gasteiger partial charge in [0.15, 0.2) is 0 Å². The Morgan fingerprint density at radius 2 is 1.19 bits per heavy atom. The lowest BCUT2D eigenvalue weighted by Gasteiger charge is -2.28. The predicted molar refractivity (Wildman–Crippen MR) is 67.6 cm³/mol. The Hall–Kier alpha value is -1.26. The summed E-state index contributed by atoms with van der Waals surface area (Å²) in [5.41, 5.74) is 0. The van der Waals surface area contributed by atoms with Crippen LogP contribution in [0.5, 0.6) is 0 Å². The van der Waals surface area contributed by atoms with Crippen LogP contribution in [-0.2, 0) is 23.8 Å². The molecule has 0 heterocycles. The maximum Gasteiger partial charge on any atom is 0.307 e. The molecule has 9 heteroatoms. The molecule has 0 aliphatic heterocycles. The van der Waals surface area contributed by atoms with Crippen molar-refractivity contribution in [1.82, 2.24) is 0 Å². The third kappa shape index (κ3) is 7.34. The van der Waals surface area contributed by atoms with Gasteiger partial charge in [-0.1, -0.05) is 13.8 Å². The number of ether oxygens (including phenoxy) is 3. The fraction of sp³-hybridized carbons (Fsp3) is 0.833. The second-order valence-corrected chi connectivity index (χ2v) is 4.06. The zero-order chi connectivity index (χ0) is 16.4. The summed E-state index contributed by atoms with van der Waals surface area (Å²) in [5.74, 6) is -1.46. The van der Waals surface area contributed by atoms with Crippen molar-refractivity contribution in [2.24, 2.45) is 0 Å². The first kappa shape index (κ1) is 19.7. The topological polar surface area (TPSA) is 143 Å². The van der Waals surface area contributed by atoms with Gasteiger partial charge in [0.1, 0.15) is 12.2 Å². The monoisotopic (exact) mass is 310 g/mol. The Morgan fingerprint density at radius 1 is 0.857 bits per heavy atom. The summed E-state index contributed by atoms with van der Waals surface area (Å²) in [7, 11) is 0. The van der Waals surface area contributed by atoms with Crippen LogP contribution in [-0.4, -0.2) is 70.4 Å². The maximum absolute atomic E-state index is 11.2. The van der Waals surface area contributed by atoms with Gasteiger partial charge in [0.05, 0.1) is 13.2 Å². The number of hydrogen-bond donors (Lipinski definition) is 4. The maximum atomic E-state index is 11.2. The van der Waals surface area contributed by atoms with Gasteiger partial charge in [-0.15, -0.1) is 0 Å². The molecule has 0 spiro atoms. The second-order valence-electron chi connectivity index (χ2n) is 4.06. The van der Waals surface area contributed by atoms with Crippen LogP contribution in [0.15, 0.2) is 0 Å². The Labute approximate surface area is 122 Å². The highest BCUT2D eigenvalue weighted by molar-refractivity contribution is 5.69. The molecule has 0 amide bonds. The molecule has 0 saturated heterocycles. The van der Waals surface area contributed by atoms with E-state index >= 15 is 0 Å². The van der Waals surface area contributed by atoms with Crippen molar-refractivity contribution < 1.29 is 44.2 Å². The second kappa shape index (κ2) is 10.5. The average Bonchev–Trinajstić information content (AvgIpc) is 2.50. The number of hydrogen-bond acceptors (Lipinski definition) is 9. The molecule has 21 heavy (non-hydrogen) atoms. The van der Waals surface area contributed by atoms with Crippen LogP contribution in [0.2, 0.25) is 0 Å². The summed E-state index contributed by atoms with van der Waals surface area (Å²) >= 11 is 0. The smallest absolute Gasteiger partial charge is 0.307 e. The molecular weight excluding hydrogens is 288 g/mol. The predicted octanol–water partition coefficient (Wildman–Crippen LogP) is -1.73. The van der Waals surface area contributed by atoms with Gasteiger partial charge in [-0.3, -0.25) is 14.3 Å². The Kier molecular flexibility index (Phi) is 9.84. The van der Waals surface area contributed by atoms with E-state index in [2.05, 4.69) is 0 Å². The van der Waals surface area contributed by atoms with Crippen LogP contribution in [0.4, 0.5) is 0 Å². The molecule has 0 saturated carbocycles. The van der Waals surface area contributed by atoms with E-state index < -0.39 is 49.9 Å². The average molecular weight is 310 g/mol. The molecule has 9 nitrogen and oxygen atoms in total. The van der Waals surface area contributed by atoms with Gasteiger partial charge in [-0.2, -0.15) is 0 Å². The third-order valence-electron chi connectivity index (χ3n) is 2.34. The molecule has 4 N–H and O–H groups in total. The van der Waals surface area contributed by atoms with E-state index in [1.807, 2.05) is 0 Å². The van der Waals surface area contributed by atoms with Gasteiger partial charge in [0.2, 0.25) is 12.6 Å². The van der Waals surface area contributed by atoms with Crippen LogP contribution >= 0.6 is 0 Å². The molecule has 0 radical (unpaired) electrons. The SMILES string of the molecule is CCC(=O)OC(OC(OC(=O)CC)C(O)CO)C(O)CO. The fourth-order valence-corrected chi connectivity index (χ4v) is 1.12. The van der Waals surface area contributed by atoms with E-state index in [1.54, 1.807) is 0 Å². The number of carbonyl (C=O) groups is 2. The molecule has 0 aliphatic carbocycles. The summed E-state index contributed by atoms with van der Waals surface area (Å²) in [6, 6.07) is 0. The van der Waals surface area contributed by atoms with E-state index in [9.17, 15) is 19.8 Å². The largest absolute Gasteiger partial charge is 0.433 e. The summed E-state index contributed by atoms with van der Waals surface area (Å²) < 4.78 is 14.5. The third-order valence-corrected chi connectivity index (χ3v) is 2.34. The molecule has 0 aromatic carbocycles. The van der Waals surface area contributed by atoms with E-state index in [4.69, 9.17) is 24.4 Å². The van der Waals surface area contributed by atoms with E-state index in [-0.39, 0.29) is 12.8 Å². The molecule has 4 unspecified atom stereocenters. The van der Waals surface area contributed by atoms with Crippen molar-refractivity contribution >= 4 is 11.9 Å². The molecule has 0 fully saturated rings. The van der Waals surface area contributed by atoms with Crippen molar-refractivity contribution in [3.63, 3.8) is 0 Å². The van der Waals surface area contributed by atoms with E-state index in [0.29, 0.717) is 0 Å². The van der Waals surface area contributed by atoms with Crippen molar-refractivity contribution in [2.75, 3.05) is 13.2 Å². The number of aliphatic hydroxyl groups is 4. The first-order valence-electron chi connectivity index (χ1n) is 6.51. The van der Waals surface area contributed by atoms with Gasteiger partial charge >= 0.3 is 11.9 Å². The zero-order valence-electron chi connectivity index (χ0n) is 12.0. The zero-order valence-corrected chi connectivity index (χ0v) is 12.0. The summed E-state index contributed by atoms with van der Waals surface area (Å²) in [4.78, 5) is 22.5. The van der Waals surface area contributed by atoms with Crippen molar-refractivity contribution in [1.29, 1.82) is 0 Å². The van der Waals surface area contributed by atoms with E-state index in [0.717, 1.165) is 0 Å². The van der Waals surface area contributed by atoms with Crippen LogP contribution in [0, 0.1) is 0 Å². The minimum absolute atomic E-state index is 0.0139. The van der Waals surface area contributed by atoms with Crippen molar-refractivity contribution in [3.8, 4) is 0 Å². The lowest BCUT2D eigenvalue weighted by Crippen LogP contribution is -2.45. The molecule has 0 aromatic heterocycles. The van der Waals surface area contributed by atoms with Crippen LogP contribution in [0.1, 0.15) is 26.7 Å². The summed E-state index contributed by atoms with van der Waals surface area (Å²) in [6.07, 6.45) is -6.54. The van der Waals surface area contributed by atoms with E-state index in [1.165, 1.54) is 13.8 Å². The van der Waals surface area contributed by atoms with Gasteiger partial charge in [-0.25, -0.2) is 0 Å². The van der Waals surface area contributed by atoms with Gasteiger partial charge in [0.25, 0.3) is 0 Å². The number of aliphatic hydroxyl groups excluding tert-OH is 4. The Balaban J connectivity index is 4.91. The van der Waals surface area contributed by atoms with Crippen LogP contribution in [0.25, 0.3) is 0 Å². The lowest BCUT2D eigenvalue weighted by atomic mass is 10.3. The molecule has 0 aliphatic rings. The Morgan fingerprint density at radius 3 is 1.43 bits per heavy atom. The Bertz CT molecular complexity index is 290. The minimum Gasteiger partial charge on any atom is -0.433 e. The summed E-state index contributed by atoms with van der Waals surface area (Å²) in [6.45, 7) is 1.43. The van der Waals surface area contributed by atoms with Gasteiger partial charge < -0.3 is 29.9 Å². The lowest BCUT2D eigenvalue weighted by molar-refractivity contribution is -0.284. The molecule has 124 valence electrons. The molecule has 4 atom stereocenters. The molecule has 0 bridgehead atoms. The molecule has 0 rings (SSSR count). The first-order chi connectivity index (χ1) is 9.89.